The van der Waals surface area contributed by atoms with Crippen LogP contribution in [0.2, 0.25) is 0 Å². The van der Waals surface area contributed by atoms with Crippen molar-refractivity contribution < 1.29 is 18.6 Å². The third-order valence-electron chi connectivity index (χ3n) is 2.74. The molecular weight excluding hydrogens is 240 g/mol. The molecule has 2 unspecified atom stereocenters. The molecule has 0 aliphatic heterocycles. The Morgan fingerprint density at radius 1 is 1.39 bits per heavy atom. The third kappa shape index (κ3) is 4.98. The molecule has 3 nitrogen and oxygen atoms in total. The van der Waals surface area contributed by atoms with Gasteiger partial charge >= 0.3 is 6.61 Å². The van der Waals surface area contributed by atoms with E-state index in [-0.39, 0.29) is 5.75 Å². The van der Waals surface area contributed by atoms with Crippen LogP contribution >= 0.6 is 0 Å². The molecule has 0 aromatic heterocycles. The summed E-state index contributed by atoms with van der Waals surface area (Å²) in [6.45, 7) is 1.59. The van der Waals surface area contributed by atoms with Gasteiger partial charge in [-0.15, -0.1) is 0 Å². The summed E-state index contributed by atoms with van der Waals surface area (Å²) < 4.78 is 28.4. The second-order valence-electron chi connectivity index (χ2n) is 4.18. The highest BCUT2D eigenvalue weighted by Crippen LogP contribution is 2.20. The van der Waals surface area contributed by atoms with Crippen molar-refractivity contribution in [3.05, 3.63) is 29.8 Å². The van der Waals surface area contributed by atoms with Crippen molar-refractivity contribution >= 4 is 0 Å². The SMILES string of the molecule is CCC(C)NCC(O)c1cccc(OC(F)F)c1. The van der Waals surface area contributed by atoms with Gasteiger partial charge in [-0.3, -0.25) is 0 Å². The number of halogens is 2. The van der Waals surface area contributed by atoms with Crippen LogP contribution in [0, 0.1) is 0 Å². The number of aliphatic hydroxyl groups is 1. The fraction of sp³-hybridized carbons (Fsp3) is 0.538. The number of nitrogens with one attached hydrogen (secondary N) is 1. The normalized spacial score (nSPS) is 14.6. The predicted octanol–water partition coefficient (Wildman–Crippen LogP) is 2.71. The lowest BCUT2D eigenvalue weighted by molar-refractivity contribution is -0.0499. The van der Waals surface area contributed by atoms with Crippen LogP contribution in [0.3, 0.4) is 0 Å². The maximum atomic E-state index is 12.1. The van der Waals surface area contributed by atoms with Crippen LogP contribution in [-0.2, 0) is 0 Å². The quantitative estimate of drug-likeness (QED) is 0.791. The molecule has 5 heteroatoms. The van der Waals surface area contributed by atoms with Crippen LogP contribution in [0.25, 0.3) is 0 Å². The van der Waals surface area contributed by atoms with E-state index in [1.807, 2.05) is 13.8 Å². The first-order valence-electron chi connectivity index (χ1n) is 5.99. The Kier molecular flexibility index (Phi) is 6.01. The van der Waals surface area contributed by atoms with Crippen molar-refractivity contribution in [3.8, 4) is 5.75 Å². The average molecular weight is 259 g/mol. The number of rotatable bonds is 7. The largest absolute Gasteiger partial charge is 0.435 e. The van der Waals surface area contributed by atoms with E-state index in [4.69, 9.17) is 0 Å². The Bertz CT molecular complexity index is 361. The zero-order valence-corrected chi connectivity index (χ0v) is 10.6. The van der Waals surface area contributed by atoms with Gasteiger partial charge in [0.25, 0.3) is 0 Å². The van der Waals surface area contributed by atoms with Crippen LogP contribution in [0.1, 0.15) is 31.9 Å². The second-order valence-corrected chi connectivity index (χ2v) is 4.18. The minimum absolute atomic E-state index is 0.0603. The molecule has 2 atom stereocenters. The maximum Gasteiger partial charge on any atom is 0.387 e. The molecule has 0 radical (unpaired) electrons. The summed E-state index contributed by atoms with van der Waals surface area (Å²) in [6.07, 6.45) is 0.224. The zero-order chi connectivity index (χ0) is 13.5. The fourth-order valence-corrected chi connectivity index (χ4v) is 1.47. The summed E-state index contributed by atoms with van der Waals surface area (Å²) in [4.78, 5) is 0. The van der Waals surface area contributed by atoms with E-state index in [2.05, 4.69) is 10.1 Å². The average Bonchev–Trinajstić information content (AvgIpc) is 2.35. The highest BCUT2D eigenvalue weighted by atomic mass is 19.3. The van der Waals surface area contributed by atoms with Crippen molar-refractivity contribution in [2.24, 2.45) is 0 Å². The summed E-state index contributed by atoms with van der Waals surface area (Å²) in [6, 6.07) is 6.43. The Labute approximate surface area is 106 Å². The summed E-state index contributed by atoms with van der Waals surface area (Å²) in [5, 5.41) is 13.1. The van der Waals surface area contributed by atoms with Gasteiger partial charge in [-0.25, -0.2) is 0 Å². The van der Waals surface area contributed by atoms with Crippen molar-refractivity contribution in [2.75, 3.05) is 6.54 Å². The number of ether oxygens (including phenoxy) is 1. The topological polar surface area (TPSA) is 41.5 Å². The van der Waals surface area contributed by atoms with Gasteiger partial charge in [0.2, 0.25) is 0 Å². The molecule has 18 heavy (non-hydrogen) atoms. The lowest BCUT2D eigenvalue weighted by Gasteiger charge is -2.16. The van der Waals surface area contributed by atoms with Crippen molar-refractivity contribution in [2.45, 2.75) is 39.0 Å². The minimum Gasteiger partial charge on any atom is -0.435 e. The van der Waals surface area contributed by atoms with E-state index in [0.29, 0.717) is 18.2 Å². The molecule has 0 aliphatic carbocycles. The van der Waals surface area contributed by atoms with Gasteiger partial charge in [-0.2, -0.15) is 8.78 Å². The van der Waals surface area contributed by atoms with Crippen LogP contribution in [0.5, 0.6) is 5.75 Å². The molecule has 0 aliphatic rings. The second kappa shape index (κ2) is 7.28. The first-order valence-corrected chi connectivity index (χ1v) is 5.99. The van der Waals surface area contributed by atoms with E-state index in [1.165, 1.54) is 12.1 Å². The molecule has 0 spiro atoms. The summed E-state index contributed by atoms with van der Waals surface area (Å²) in [7, 11) is 0. The molecule has 0 saturated heterocycles. The molecule has 0 saturated carbocycles. The number of alkyl halides is 2. The number of benzene rings is 1. The van der Waals surface area contributed by atoms with Crippen LogP contribution in [0.15, 0.2) is 24.3 Å². The lowest BCUT2D eigenvalue weighted by Crippen LogP contribution is -2.29. The van der Waals surface area contributed by atoms with Gasteiger partial charge in [-0.1, -0.05) is 19.1 Å². The minimum atomic E-state index is -2.85. The highest BCUT2D eigenvalue weighted by molar-refractivity contribution is 5.30. The van der Waals surface area contributed by atoms with Gasteiger partial charge in [0, 0.05) is 12.6 Å². The van der Waals surface area contributed by atoms with Crippen molar-refractivity contribution in [1.29, 1.82) is 0 Å². The van der Waals surface area contributed by atoms with E-state index in [1.54, 1.807) is 12.1 Å². The molecule has 1 aromatic carbocycles. The van der Waals surface area contributed by atoms with E-state index < -0.39 is 12.7 Å². The fourth-order valence-electron chi connectivity index (χ4n) is 1.47. The number of hydrogen-bond acceptors (Lipinski definition) is 3. The molecule has 0 fully saturated rings. The van der Waals surface area contributed by atoms with Crippen molar-refractivity contribution in [1.82, 2.24) is 5.32 Å². The summed E-state index contributed by atoms with van der Waals surface area (Å²) >= 11 is 0. The first-order chi connectivity index (χ1) is 8.52. The van der Waals surface area contributed by atoms with Gasteiger partial charge < -0.3 is 15.2 Å². The Morgan fingerprint density at radius 3 is 2.72 bits per heavy atom. The zero-order valence-electron chi connectivity index (χ0n) is 10.6. The van der Waals surface area contributed by atoms with Crippen LogP contribution in [0.4, 0.5) is 8.78 Å². The van der Waals surface area contributed by atoms with Gasteiger partial charge in [0.1, 0.15) is 5.75 Å². The van der Waals surface area contributed by atoms with Crippen LogP contribution < -0.4 is 10.1 Å². The maximum absolute atomic E-state index is 12.1. The lowest BCUT2D eigenvalue weighted by atomic mass is 10.1. The monoisotopic (exact) mass is 259 g/mol. The van der Waals surface area contributed by atoms with E-state index in [0.717, 1.165) is 6.42 Å². The van der Waals surface area contributed by atoms with Gasteiger partial charge in [0.05, 0.1) is 6.10 Å². The molecule has 0 bridgehead atoms. The molecule has 1 rings (SSSR count). The molecule has 1 aromatic rings. The van der Waals surface area contributed by atoms with E-state index in [9.17, 15) is 13.9 Å². The third-order valence-corrected chi connectivity index (χ3v) is 2.74. The standard InChI is InChI=1S/C13H19F2NO2/c1-3-9(2)16-8-12(17)10-5-4-6-11(7-10)18-13(14)15/h4-7,9,12-13,16-17H,3,8H2,1-2H3. The van der Waals surface area contributed by atoms with Gasteiger partial charge in [-0.05, 0) is 31.0 Å². The molecule has 0 heterocycles. The Morgan fingerprint density at radius 2 is 2.11 bits per heavy atom. The Balaban J connectivity index is 2.59. The summed E-state index contributed by atoms with van der Waals surface area (Å²) in [5.41, 5.74) is 0.559. The van der Waals surface area contributed by atoms with Crippen molar-refractivity contribution in [3.63, 3.8) is 0 Å². The first kappa shape index (κ1) is 14.9. The molecule has 0 amide bonds. The number of hydrogen-bond donors (Lipinski definition) is 2. The molecule has 102 valence electrons. The van der Waals surface area contributed by atoms with Crippen LogP contribution in [-0.4, -0.2) is 24.3 Å². The molecular formula is C13H19F2NO2. The highest BCUT2D eigenvalue weighted by Gasteiger charge is 2.11. The van der Waals surface area contributed by atoms with Gasteiger partial charge in [0.15, 0.2) is 0 Å². The smallest absolute Gasteiger partial charge is 0.387 e. The molecule has 2 N–H and O–H groups in total. The Hall–Kier alpha value is -1.20. The summed E-state index contributed by atoms with van der Waals surface area (Å²) in [5.74, 6) is 0.0603. The van der Waals surface area contributed by atoms with E-state index >= 15 is 0 Å². The number of aliphatic hydroxyl groups excluding tert-OH is 1. The predicted molar refractivity (Wildman–Crippen MR) is 65.8 cm³/mol.